The van der Waals surface area contributed by atoms with Crippen LogP contribution in [0.15, 0.2) is 24.3 Å². The van der Waals surface area contributed by atoms with E-state index in [0.29, 0.717) is 29.4 Å². The Labute approximate surface area is 160 Å². The van der Waals surface area contributed by atoms with Gasteiger partial charge in [-0.1, -0.05) is 67.5 Å². The molecule has 0 spiro atoms. The van der Waals surface area contributed by atoms with Crippen LogP contribution in [0, 0.1) is 6.92 Å². The lowest BCUT2D eigenvalue weighted by Crippen LogP contribution is -2.02. The maximum Gasteiger partial charge on any atom is 0.122 e. The van der Waals surface area contributed by atoms with Crippen LogP contribution in [-0.4, -0.2) is 5.11 Å². The summed E-state index contributed by atoms with van der Waals surface area (Å²) in [6, 6.07) is 9.08. The lowest BCUT2D eigenvalue weighted by atomic mass is 9.84. The van der Waals surface area contributed by atoms with Crippen molar-refractivity contribution in [1.82, 2.24) is 0 Å². The second kappa shape index (κ2) is 7.86. The van der Waals surface area contributed by atoms with Crippen molar-refractivity contribution in [2.75, 3.05) is 0 Å². The van der Waals surface area contributed by atoms with Crippen LogP contribution in [0.25, 0.3) is 11.1 Å². The topological polar surface area (TPSA) is 20.2 Å². The molecule has 0 fully saturated rings. The Morgan fingerprint density at radius 3 is 1.08 bits per heavy atom. The molecule has 0 heterocycles. The first kappa shape index (κ1) is 20.6. The van der Waals surface area contributed by atoms with Crippen molar-refractivity contribution in [3.63, 3.8) is 0 Å². The summed E-state index contributed by atoms with van der Waals surface area (Å²) in [4.78, 5) is 0. The Hall–Kier alpha value is -1.76. The number of hydrogen-bond donors (Lipinski definition) is 1. The van der Waals surface area contributed by atoms with Crippen LogP contribution in [0.3, 0.4) is 0 Å². The van der Waals surface area contributed by atoms with Crippen molar-refractivity contribution < 1.29 is 5.11 Å². The molecule has 0 aliphatic rings. The molecule has 0 aliphatic heterocycles. The van der Waals surface area contributed by atoms with Crippen molar-refractivity contribution in [2.45, 2.75) is 86.0 Å². The molecule has 0 saturated heterocycles. The summed E-state index contributed by atoms with van der Waals surface area (Å²) in [5, 5.41) is 10.7. The van der Waals surface area contributed by atoms with Crippen LogP contribution >= 0.6 is 0 Å². The summed E-state index contributed by atoms with van der Waals surface area (Å²) in [6.45, 7) is 19.9. The van der Waals surface area contributed by atoms with E-state index in [1.165, 1.54) is 27.8 Å². The first-order valence-electron chi connectivity index (χ1n) is 10.1. The third kappa shape index (κ3) is 3.98. The van der Waals surface area contributed by atoms with Crippen molar-refractivity contribution >= 4 is 0 Å². The molecule has 0 unspecified atom stereocenters. The molecule has 2 rings (SSSR count). The predicted octanol–water partition coefficient (Wildman–Crippen LogP) is 7.86. The van der Waals surface area contributed by atoms with Crippen molar-refractivity contribution in [3.05, 3.63) is 52.1 Å². The monoisotopic (exact) mass is 352 g/mol. The normalized spacial score (nSPS) is 12.0. The van der Waals surface area contributed by atoms with Crippen molar-refractivity contribution in [3.8, 4) is 16.9 Å². The molecule has 0 atom stereocenters. The van der Waals surface area contributed by atoms with Gasteiger partial charge in [-0.15, -0.1) is 0 Å². The highest BCUT2D eigenvalue weighted by Crippen LogP contribution is 2.40. The highest BCUT2D eigenvalue weighted by Gasteiger charge is 2.18. The van der Waals surface area contributed by atoms with E-state index in [0.717, 1.165) is 11.1 Å². The van der Waals surface area contributed by atoms with Gasteiger partial charge in [0.25, 0.3) is 0 Å². The number of hydrogen-bond acceptors (Lipinski definition) is 1. The fourth-order valence-electron chi connectivity index (χ4n) is 3.85. The molecule has 26 heavy (non-hydrogen) atoms. The van der Waals surface area contributed by atoms with Crippen LogP contribution in [0.5, 0.6) is 5.75 Å². The summed E-state index contributed by atoms with van der Waals surface area (Å²) in [5.74, 6) is 2.07. The summed E-state index contributed by atoms with van der Waals surface area (Å²) in [7, 11) is 0. The van der Waals surface area contributed by atoms with Gasteiger partial charge < -0.3 is 5.11 Å². The molecule has 2 aromatic carbocycles. The zero-order valence-electron chi connectivity index (χ0n) is 18.1. The Kier molecular flexibility index (Phi) is 6.21. The average molecular weight is 353 g/mol. The van der Waals surface area contributed by atoms with Gasteiger partial charge in [0.1, 0.15) is 5.75 Å². The van der Waals surface area contributed by atoms with Gasteiger partial charge in [-0.25, -0.2) is 0 Å². The van der Waals surface area contributed by atoms with Crippen LogP contribution in [0.2, 0.25) is 0 Å². The maximum atomic E-state index is 10.7. The second-order valence-electron chi connectivity index (χ2n) is 8.90. The Bertz CT molecular complexity index is 653. The largest absolute Gasteiger partial charge is 0.507 e. The van der Waals surface area contributed by atoms with Gasteiger partial charge in [0.2, 0.25) is 0 Å². The maximum absolute atomic E-state index is 10.7. The minimum Gasteiger partial charge on any atom is -0.507 e. The molecule has 1 nitrogen and oxygen atoms in total. The zero-order chi connectivity index (χ0) is 19.8. The molecular formula is C25H36O. The molecular weight excluding hydrogens is 316 g/mol. The van der Waals surface area contributed by atoms with Gasteiger partial charge in [0.15, 0.2) is 0 Å². The summed E-state index contributed by atoms with van der Waals surface area (Å²) >= 11 is 0. The highest BCUT2D eigenvalue weighted by atomic mass is 16.3. The van der Waals surface area contributed by atoms with E-state index in [-0.39, 0.29) is 0 Å². The number of phenols is 1. The van der Waals surface area contributed by atoms with Crippen LogP contribution in [-0.2, 0) is 0 Å². The molecule has 0 saturated carbocycles. The average Bonchev–Trinajstić information content (AvgIpc) is 2.54. The molecule has 0 aromatic heterocycles. The molecule has 1 N–H and O–H groups in total. The van der Waals surface area contributed by atoms with Gasteiger partial charge in [-0.3, -0.25) is 0 Å². The molecule has 0 amide bonds. The summed E-state index contributed by atoms with van der Waals surface area (Å²) < 4.78 is 0. The molecule has 142 valence electrons. The molecule has 0 aliphatic carbocycles. The lowest BCUT2D eigenvalue weighted by Gasteiger charge is -2.21. The minimum atomic E-state index is 0.298. The second-order valence-corrected chi connectivity index (χ2v) is 8.90. The van der Waals surface area contributed by atoms with Crippen LogP contribution in [0.4, 0.5) is 0 Å². The summed E-state index contributed by atoms with van der Waals surface area (Å²) in [6.07, 6.45) is 0. The number of aromatic hydroxyl groups is 1. The van der Waals surface area contributed by atoms with E-state index in [2.05, 4.69) is 86.6 Å². The Morgan fingerprint density at radius 1 is 0.538 bits per heavy atom. The van der Waals surface area contributed by atoms with E-state index in [4.69, 9.17) is 0 Å². The number of rotatable bonds is 5. The first-order valence-corrected chi connectivity index (χ1v) is 10.1. The lowest BCUT2D eigenvalue weighted by molar-refractivity contribution is 0.454. The number of benzene rings is 2. The van der Waals surface area contributed by atoms with Crippen LogP contribution in [0.1, 0.15) is 107 Å². The van der Waals surface area contributed by atoms with Gasteiger partial charge in [-0.05, 0) is 81.7 Å². The minimum absolute atomic E-state index is 0.298. The molecule has 1 heteroatoms. The zero-order valence-corrected chi connectivity index (χ0v) is 18.1. The van der Waals surface area contributed by atoms with E-state index in [9.17, 15) is 5.11 Å². The quantitative estimate of drug-likeness (QED) is 0.580. The van der Waals surface area contributed by atoms with Gasteiger partial charge >= 0.3 is 0 Å². The van der Waals surface area contributed by atoms with E-state index in [1.54, 1.807) is 0 Å². The molecule has 0 bridgehead atoms. The van der Waals surface area contributed by atoms with Crippen molar-refractivity contribution in [1.29, 1.82) is 0 Å². The third-order valence-electron chi connectivity index (χ3n) is 5.48. The van der Waals surface area contributed by atoms with E-state index in [1.807, 2.05) is 0 Å². The Morgan fingerprint density at radius 2 is 0.808 bits per heavy atom. The van der Waals surface area contributed by atoms with E-state index < -0.39 is 0 Å². The van der Waals surface area contributed by atoms with Crippen molar-refractivity contribution in [2.24, 2.45) is 0 Å². The van der Waals surface area contributed by atoms with Gasteiger partial charge in [0.05, 0.1) is 0 Å². The fourth-order valence-corrected chi connectivity index (χ4v) is 3.85. The molecule has 0 radical (unpaired) electrons. The Balaban J connectivity index is 2.79. The standard InChI is InChI=1S/C25H36O/c1-14(2)21-10-19(11-22(15(3)4)18(21)9)20-12-23(16(5)6)25(26)24(13-20)17(7)8/h10-17,26H,1-9H3. The fraction of sp³-hybridized carbons (Fsp3) is 0.520. The summed E-state index contributed by atoms with van der Waals surface area (Å²) in [5.41, 5.74) is 8.86. The van der Waals surface area contributed by atoms with Gasteiger partial charge in [0, 0.05) is 0 Å². The molecule has 2 aromatic rings. The third-order valence-corrected chi connectivity index (χ3v) is 5.48. The smallest absolute Gasteiger partial charge is 0.122 e. The van der Waals surface area contributed by atoms with Crippen LogP contribution < -0.4 is 0 Å². The van der Waals surface area contributed by atoms with E-state index >= 15 is 0 Å². The van der Waals surface area contributed by atoms with Gasteiger partial charge in [-0.2, -0.15) is 0 Å². The first-order chi connectivity index (χ1) is 12.0. The predicted molar refractivity (Wildman–Crippen MR) is 115 cm³/mol. The number of phenolic OH excluding ortho intramolecular Hbond substituents is 1. The SMILES string of the molecule is Cc1c(C(C)C)cc(-c2cc(C(C)C)c(O)c(C(C)C)c2)cc1C(C)C. The highest BCUT2D eigenvalue weighted by molar-refractivity contribution is 5.70.